The highest BCUT2D eigenvalue weighted by Gasteiger charge is 2.11. The summed E-state index contributed by atoms with van der Waals surface area (Å²) in [7, 11) is 0. The molecule has 0 spiro atoms. The van der Waals surface area contributed by atoms with E-state index < -0.39 is 12.0 Å². The highest BCUT2D eigenvalue weighted by Crippen LogP contribution is 2.24. The number of nitrogens with two attached hydrogens (primary N) is 1. The highest BCUT2D eigenvalue weighted by atomic mass is 79.9. The lowest BCUT2D eigenvalue weighted by molar-refractivity contribution is -0.139. The average Bonchev–Trinajstić information content (AvgIpc) is 2.35. The third-order valence-electron chi connectivity index (χ3n) is 2.52. The number of carbonyl (C=O) groups is 1. The molecular weight excluding hydrogens is 298 g/mol. The van der Waals surface area contributed by atoms with Crippen molar-refractivity contribution in [3.8, 4) is 5.75 Å². The van der Waals surface area contributed by atoms with Crippen molar-refractivity contribution in [2.45, 2.75) is 6.04 Å². The minimum Gasteiger partial charge on any atom is -0.491 e. The van der Waals surface area contributed by atoms with E-state index >= 15 is 0 Å². The first-order chi connectivity index (χ1) is 8.56. The molecule has 5 heteroatoms. The molecule has 2 rings (SSSR count). The lowest BCUT2D eigenvalue weighted by Crippen LogP contribution is -2.36. The number of carboxylic acids is 1. The molecule has 1 atom stereocenters. The molecule has 0 saturated carbocycles. The van der Waals surface area contributed by atoms with E-state index in [9.17, 15) is 4.79 Å². The number of carboxylic acid groups (broad SMARTS) is 1. The number of aliphatic carboxylic acids is 1. The molecule has 2 aromatic carbocycles. The molecular formula is C13H12BrNO3. The van der Waals surface area contributed by atoms with Crippen LogP contribution in [0.3, 0.4) is 0 Å². The molecule has 0 saturated heterocycles. The largest absolute Gasteiger partial charge is 0.491 e. The van der Waals surface area contributed by atoms with Crippen molar-refractivity contribution in [1.82, 2.24) is 0 Å². The number of halogens is 1. The van der Waals surface area contributed by atoms with Crippen LogP contribution in [0.15, 0.2) is 40.9 Å². The maximum atomic E-state index is 10.6. The molecule has 0 amide bonds. The van der Waals surface area contributed by atoms with Gasteiger partial charge in [0.1, 0.15) is 18.4 Å². The fraction of sp³-hybridized carbons (Fsp3) is 0.154. The van der Waals surface area contributed by atoms with E-state index in [1.165, 1.54) is 0 Å². The standard InChI is InChI=1S/C13H12BrNO3/c14-10-3-1-9-6-11(4-2-8(9)5-10)18-7-12(15)13(16)17/h1-6,12H,7,15H2,(H,16,17). The van der Waals surface area contributed by atoms with Crippen LogP contribution in [0.1, 0.15) is 0 Å². The number of hydrogen-bond donors (Lipinski definition) is 2. The zero-order chi connectivity index (χ0) is 13.1. The smallest absolute Gasteiger partial charge is 0.324 e. The zero-order valence-corrected chi connectivity index (χ0v) is 11.1. The molecule has 0 radical (unpaired) electrons. The van der Waals surface area contributed by atoms with Gasteiger partial charge < -0.3 is 15.6 Å². The summed E-state index contributed by atoms with van der Waals surface area (Å²) in [5, 5.41) is 10.8. The lowest BCUT2D eigenvalue weighted by atomic mass is 10.1. The minimum absolute atomic E-state index is 0.0443. The molecule has 0 bridgehead atoms. The van der Waals surface area contributed by atoms with E-state index in [1.54, 1.807) is 6.07 Å². The Kier molecular flexibility index (Phi) is 3.84. The van der Waals surface area contributed by atoms with Crippen LogP contribution in [-0.4, -0.2) is 23.7 Å². The molecule has 2 aromatic rings. The van der Waals surface area contributed by atoms with Crippen molar-refractivity contribution in [2.24, 2.45) is 5.73 Å². The third-order valence-corrected chi connectivity index (χ3v) is 3.01. The molecule has 4 nitrogen and oxygen atoms in total. The van der Waals surface area contributed by atoms with Crippen LogP contribution in [0.5, 0.6) is 5.75 Å². The summed E-state index contributed by atoms with van der Waals surface area (Å²) in [6.45, 7) is -0.0443. The first kappa shape index (κ1) is 12.9. The highest BCUT2D eigenvalue weighted by molar-refractivity contribution is 9.10. The Morgan fingerprint density at radius 2 is 1.94 bits per heavy atom. The van der Waals surface area contributed by atoms with Crippen LogP contribution in [0, 0.1) is 0 Å². The van der Waals surface area contributed by atoms with Crippen LogP contribution >= 0.6 is 15.9 Å². The molecule has 94 valence electrons. The van der Waals surface area contributed by atoms with Crippen molar-refractivity contribution >= 4 is 32.7 Å². The second-order valence-electron chi connectivity index (χ2n) is 3.91. The summed E-state index contributed by atoms with van der Waals surface area (Å²) in [4.78, 5) is 10.6. The Morgan fingerprint density at radius 1 is 1.28 bits per heavy atom. The van der Waals surface area contributed by atoms with Gasteiger partial charge in [-0.2, -0.15) is 0 Å². The summed E-state index contributed by atoms with van der Waals surface area (Å²) in [6.07, 6.45) is 0. The summed E-state index contributed by atoms with van der Waals surface area (Å²) in [6, 6.07) is 10.5. The van der Waals surface area contributed by atoms with Gasteiger partial charge in [0.15, 0.2) is 0 Å². The van der Waals surface area contributed by atoms with Crippen LogP contribution in [0.2, 0.25) is 0 Å². The Morgan fingerprint density at radius 3 is 2.67 bits per heavy atom. The van der Waals surface area contributed by atoms with E-state index in [1.807, 2.05) is 30.3 Å². The second-order valence-corrected chi connectivity index (χ2v) is 4.82. The predicted octanol–water partition coefficient (Wildman–Crippen LogP) is 2.39. The summed E-state index contributed by atoms with van der Waals surface area (Å²) < 4.78 is 6.36. The van der Waals surface area contributed by atoms with Crippen LogP contribution in [-0.2, 0) is 4.79 Å². The molecule has 0 aliphatic rings. The van der Waals surface area contributed by atoms with Gasteiger partial charge in [0.2, 0.25) is 0 Å². The summed E-state index contributed by atoms with van der Waals surface area (Å²) >= 11 is 3.40. The van der Waals surface area contributed by atoms with Crippen molar-refractivity contribution < 1.29 is 14.6 Å². The molecule has 0 aliphatic carbocycles. The number of benzene rings is 2. The maximum Gasteiger partial charge on any atom is 0.324 e. The van der Waals surface area contributed by atoms with Crippen molar-refractivity contribution in [3.63, 3.8) is 0 Å². The number of rotatable bonds is 4. The van der Waals surface area contributed by atoms with Gasteiger partial charge in [-0.05, 0) is 35.0 Å². The number of fused-ring (bicyclic) bond motifs is 1. The Labute approximate surface area is 112 Å². The maximum absolute atomic E-state index is 10.6. The second kappa shape index (κ2) is 5.37. The van der Waals surface area contributed by atoms with Crippen molar-refractivity contribution in [3.05, 3.63) is 40.9 Å². The van der Waals surface area contributed by atoms with Crippen molar-refractivity contribution in [2.75, 3.05) is 6.61 Å². The topological polar surface area (TPSA) is 72.5 Å². The van der Waals surface area contributed by atoms with Gasteiger partial charge >= 0.3 is 5.97 Å². The zero-order valence-electron chi connectivity index (χ0n) is 9.47. The molecule has 1 unspecified atom stereocenters. The SMILES string of the molecule is NC(COc1ccc2cc(Br)ccc2c1)C(=O)O. The number of ether oxygens (including phenoxy) is 1. The first-order valence-electron chi connectivity index (χ1n) is 5.37. The van der Waals surface area contributed by atoms with Crippen LogP contribution in [0.4, 0.5) is 0 Å². The monoisotopic (exact) mass is 309 g/mol. The minimum atomic E-state index is -1.07. The third kappa shape index (κ3) is 3.00. The van der Waals surface area contributed by atoms with E-state index in [4.69, 9.17) is 15.6 Å². The Hall–Kier alpha value is -1.59. The van der Waals surface area contributed by atoms with Gasteiger partial charge in [0.05, 0.1) is 0 Å². The first-order valence-corrected chi connectivity index (χ1v) is 6.16. The average molecular weight is 310 g/mol. The fourth-order valence-corrected chi connectivity index (χ4v) is 1.92. The summed E-state index contributed by atoms with van der Waals surface area (Å²) in [5.74, 6) is -0.457. The van der Waals surface area contributed by atoms with Gasteiger partial charge in [0, 0.05) is 4.47 Å². The number of hydrogen-bond acceptors (Lipinski definition) is 3. The Bertz CT molecular complexity index is 585. The van der Waals surface area contributed by atoms with Gasteiger partial charge in [-0.1, -0.05) is 28.1 Å². The molecule has 0 aromatic heterocycles. The Balaban J connectivity index is 2.15. The quantitative estimate of drug-likeness (QED) is 0.909. The fourth-order valence-electron chi connectivity index (χ4n) is 1.54. The van der Waals surface area contributed by atoms with E-state index in [2.05, 4.69) is 15.9 Å². The molecule has 3 N–H and O–H groups in total. The lowest BCUT2D eigenvalue weighted by Gasteiger charge is -2.10. The van der Waals surface area contributed by atoms with E-state index in [0.29, 0.717) is 5.75 Å². The molecule has 0 aliphatic heterocycles. The van der Waals surface area contributed by atoms with Crippen LogP contribution < -0.4 is 10.5 Å². The van der Waals surface area contributed by atoms with E-state index in [0.717, 1.165) is 15.2 Å². The van der Waals surface area contributed by atoms with Crippen molar-refractivity contribution in [1.29, 1.82) is 0 Å². The van der Waals surface area contributed by atoms with Gasteiger partial charge in [-0.25, -0.2) is 0 Å². The van der Waals surface area contributed by atoms with Gasteiger partial charge in [-0.15, -0.1) is 0 Å². The summed E-state index contributed by atoms with van der Waals surface area (Å²) in [5.41, 5.74) is 5.37. The van der Waals surface area contributed by atoms with Crippen LogP contribution in [0.25, 0.3) is 10.8 Å². The van der Waals surface area contributed by atoms with E-state index in [-0.39, 0.29) is 6.61 Å². The van der Waals surface area contributed by atoms with Gasteiger partial charge in [-0.3, -0.25) is 4.79 Å². The predicted molar refractivity (Wildman–Crippen MR) is 72.8 cm³/mol. The molecule has 0 heterocycles. The normalized spacial score (nSPS) is 12.3. The molecule has 18 heavy (non-hydrogen) atoms. The molecule has 0 fully saturated rings. The van der Waals surface area contributed by atoms with Gasteiger partial charge in [0.25, 0.3) is 0 Å².